The van der Waals surface area contributed by atoms with Gasteiger partial charge < -0.3 is 10.6 Å². The largest absolute Gasteiger partial charge is 0.352 e. The number of carbonyl (C=O) groups excluding carboxylic acids is 2. The minimum Gasteiger partial charge on any atom is -0.352 e. The van der Waals surface area contributed by atoms with Gasteiger partial charge in [-0.15, -0.1) is 0 Å². The molecule has 0 aromatic heterocycles. The molecule has 0 spiro atoms. The average Bonchev–Trinajstić information content (AvgIpc) is 2.71. The molecule has 2 N–H and O–H groups in total. The summed E-state index contributed by atoms with van der Waals surface area (Å²) in [5.74, 6) is -0.256. The lowest BCUT2D eigenvalue weighted by Gasteiger charge is -2.19. The Balaban J connectivity index is 1.91. The van der Waals surface area contributed by atoms with Crippen LogP contribution in [0.25, 0.3) is 0 Å². The molecule has 0 radical (unpaired) electrons. The van der Waals surface area contributed by atoms with Crippen LogP contribution in [0.4, 0.5) is 0 Å². The second kappa shape index (κ2) is 11.7. The van der Waals surface area contributed by atoms with Crippen LogP contribution in [0.3, 0.4) is 0 Å². The van der Waals surface area contributed by atoms with Gasteiger partial charge >= 0.3 is 0 Å². The molecule has 1 unspecified atom stereocenters. The predicted octanol–water partition coefficient (Wildman–Crippen LogP) is 4.17. The van der Waals surface area contributed by atoms with Gasteiger partial charge in [-0.25, -0.2) is 0 Å². The van der Waals surface area contributed by atoms with Gasteiger partial charge in [0.05, 0.1) is 12.5 Å². The van der Waals surface area contributed by atoms with Crippen LogP contribution in [0.2, 0.25) is 0 Å². The molecule has 0 saturated heterocycles. The van der Waals surface area contributed by atoms with Gasteiger partial charge in [0.1, 0.15) is 0 Å². The molecule has 0 heterocycles. The van der Waals surface area contributed by atoms with E-state index in [1.807, 2.05) is 24.3 Å². The van der Waals surface area contributed by atoms with Crippen molar-refractivity contribution in [3.05, 3.63) is 69.7 Å². The van der Waals surface area contributed by atoms with Crippen LogP contribution in [0.5, 0.6) is 0 Å². The molecule has 1 atom stereocenters. The zero-order valence-corrected chi connectivity index (χ0v) is 19.0. The van der Waals surface area contributed by atoms with Crippen LogP contribution in [0.1, 0.15) is 49.9 Å². The van der Waals surface area contributed by atoms with Gasteiger partial charge in [-0.1, -0.05) is 66.2 Å². The van der Waals surface area contributed by atoms with Crippen LogP contribution >= 0.6 is 15.9 Å². The Morgan fingerprint density at radius 2 is 1.55 bits per heavy atom. The first-order valence-corrected chi connectivity index (χ1v) is 10.8. The van der Waals surface area contributed by atoms with E-state index in [9.17, 15) is 9.59 Å². The molecule has 0 fully saturated rings. The summed E-state index contributed by atoms with van der Waals surface area (Å²) in [6.45, 7) is 9.25. The summed E-state index contributed by atoms with van der Waals surface area (Å²) >= 11 is 3.40. The average molecular weight is 460 g/mol. The molecule has 29 heavy (non-hydrogen) atoms. The smallest absolute Gasteiger partial charge is 0.222 e. The number of nitrogens with one attached hydrogen (secondary N) is 2. The van der Waals surface area contributed by atoms with E-state index in [2.05, 4.69) is 69.6 Å². The van der Waals surface area contributed by atoms with Crippen molar-refractivity contribution >= 4 is 27.7 Å². The first-order valence-electron chi connectivity index (χ1n) is 10.0. The van der Waals surface area contributed by atoms with E-state index in [1.54, 1.807) is 0 Å². The van der Waals surface area contributed by atoms with Crippen LogP contribution in [-0.4, -0.2) is 29.8 Å². The summed E-state index contributed by atoms with van der Waals surface area (Å²) in [6, 6.07) is 15.6. The Hall–Kier alpha value is -2.18. The molecule has 5 nitrogen and oxygen atoms in total. The van der Waals surface area contributed by atoms with Crippen molar-refractivity contribution in [3.8, 4) is 0 Å². The Kier molecular flexibility index (Phi) is 9.35. The Labute approximate surface area is 182 Å². The SMILES string of the molecule is CCN(CC)Cc1ccc(CNC(=O)CC(NC(C)=O)c2ccc(Br)cc2)cc1. The number of benzene rings is 2. The van der Waals surface area contributed by atoms with Crippen molar-refractivity contribution in [2.45, 2.75) is 46.3 Å². The molecule has 0 bridgehead atoms. The number of amides is 2. The molecular formula is C23H30BrN3O2. The fourth-order valence-electron chi connectivity index (χ4n) is 3.12. The molecule has 0 saturated carbocycles. The Morgan fingerprint density at radius 1 is 0.966 bits per heavy atom. The Bertz CT molecular complexity index is 787. The molecule has 0 aliphatic heterocycles. The monoisotopic (exact) mass is 459 g/mol. The maximum absolute atomic E-state index is 12.5. The molecule has 0 aliphatic carbocycles. The molecule has 0 aliphatic rings. The van der Waals surface area contributed by atoms with Gasteiger partial charge in [-0.3, -0.25) is 14.5 Å². The highest BCUT2D eigenvalue weighted by molar-refractivity contribution is 9.10. The minimum absolute atomic E-state index is 0.0983. The number of hydrogen-bond acceptors (Lipinski definition) is 3. The van der Waals surface area contributed by atoms with E-state index in [4.69, 9.17) is 0 Å². The maximum Gasteiger partial charge on any atom is 0.222 e. The van der Waals surface area contributed by atoms with Crippen LogP contribution < -0.4 is 10.6 Å². The lowest BCUT2D eigenvalue weighted by atomic mass is 10.0. The molecule has 156 valence electrons. The van der Waals surface area contributed by atoms with Gasteiger partial charge in [0.2, 0.25) is 11.8 Å². The minimum atomic E-state index is -0.350. The predicted molar refractivity (Wildman–Crippen MR) is 120 cm³/mol. The van der Waals surface area contributed by atoms with Crippen LogP contribution in [0.15, 0.2) is 53.0 Å². The van der Waals surface area contributed by atoms with E-state index in [-0.39, 0.29) is 24.3 Å². The number of halogens is 1. The van der Waals surface area contributed by atoms with Gasteiger partial charge in [0.15, 0.2) is 0 Å². The van der Waals surface area contributed by atoms with Crippen LogP contribution in [0, 0.1) is 0 Å². The van der Waals surface area contributed by atoms with E-state index in [0.29, 0.717) is 6.54 Å². The molecular weight excluding hydrogens is 430 g/mol. The fraction of sp³-hybridized carbons (Fsp3) is 0.391. The molecule has 2 aromatic rings. The molecule has 2 rings (SSSR count). The lowest BCUT2D eigenvalue weighted by Crippen LogP contribution is -2.32. The molecule has 2 aromatic carbocycles. The third-order valence-electron chi connectivity index (χ3n) is 4.85. The van der Waals surface area contributed by atoms with Crippen molar-refractivity contribution in [3.63, 3.8) is 0 Å². The van der Waals surface area contributed by atoms with Gasteiger partial charge in [0.25, 0.3) is 0 Å². The van der Waals surface area contributed by atoms with E-state index in [0.717, 1.165) is 35.2 Å². The summed E-state index contributed by atoms with van der Waals surface area (Å²) in [4.78, 5) is 26.4. The van der Waals surface area contributed by atoms with Crippen molar-refractivity contribution in [1.82, 2.24) is 15.5 Å². The van der Waals surface area contributed by atoms with E-state index < -0.39 is 0 Å². The molecule has 2 amide bonds. The van der Waals surface area contributed by atoms with Crippen LogP contribution in [-0.2, 0) is 22.7 Å². The standard InChI is InChI=1S/C23H30BrN3O2/c1-4-27(5-2)16-19-8-6-18(7-9-19)15-25-23(29)14-22(26-17(3)28)20-10-12-21(24)13-11-20/h6-13,22H,4-5,14-16H2,1-3H3,(H,25,29)(H,26,28). The lowest BCUT2D eigenvalue weighted by molar-refractivity contribution is -0.122. The molecule has 6 heteroatoms. The first kappa shape index (κ1) is 23.1. The zero-order valence-electron chi connectivity index (χ0n) is 17.4. The van der Waals surface area contributed by atoms with Crippen molar-refractivity contribution < 1.29 is 9.59 Å². The maximum atomic E-state index is 12.5. The quantitative estimate of drug-likeness (QED) is 0.560. The van der Waals surface area contributed by atoms with Crippen molar-refractivity contribution in [2.24, 2.45) is 0 Å². The third-order valence-corrected chi connectivity index (χ3v) is 5.38. The van der Waals surface area contributed by atoms with Gasteiger partial charge in [0, 0.05) is 24.5 Å². The normalized spacial score (nSPS) is 11.9. The number of carbonyl (C=O) groups is 2. The zero-order chi connectivity index (χ0) is 21.2. The Morgan fingerprint density at radius 3 is 2.10 bits per heavy atom. The highest BCUT2D eigenvalue weighted by atomic mass is 79.9. The highest BCUT2D eigenvalue weighted by Crippen LogP contribution is 2.20. The third kappa shape index (κ3) is 7.99. The topological polar surface area (TPSA) is 61.4 Å². The van der Waals surface area contributed by atoms with Gasteiger partial charge in [-0.05, 0) is 41.9 Å². The van der Waals surface area contributed by atoms with Gasteiger partial charge in [-0.2, -0.15) is 0 Å². The summed E-state index contributed by atoms with van der Waals surface area (Å²) in [5, 5.41) is 5.82. The second-order valence-corrected chi connectivity index (χ2v) is 7.98. The fourth-order valence-corrected chi connectivity index (χ4v) is 3.38. The summed E-state index contributed by atoms with van der Waals surface area (Å²) in [6.07, 6.45) is 0.196. The number of hydrogen-bond donors (Lipinski definition) is 2. The van der Waals surface area contributed by atoms with Crippen molar-refractivity contribution in [2.75, 3.05) is 13.1 Å². The van der Waals surface area contributed by atoms with E-state index >= 15 is 0 Å². The number of rotatable bonds is 10. The first-order chi connectivity index (χ1) is 13.9. The summed E-state index contributed by atoms with van der Waals surface area (Å²) in [5.41, 5.74) is 3.23. The summed E-state index contributed by atoms with van der Waals surface area (Å²) < 4.78 is 0.955. The van der Waals surface area contributed by atoms with E-state index in [1.165, 1.54) is 12.5 Å². The number of nitrogens with zero attached hydrogens (tertiary/aromatic N) is 1. The van der Waals surface area contributed by atoms with Crippen molar-refractivity contribution in [1.29, 1.82) is 0 Å². The highest BCUT2D eigenvalue weighted by Gasteiger charge is 2.17. The second-order valence-electron chi connectivity index (χ2n) is 7.06. The summed E-state index contributed by atoms with van der Waals surface area (Å²) in [7, 11) is 0.